The Morgan fingerprint density at radius 1 is 1.06 bits per heavy atom. The summed E-state index contributed by atoms with van der Waals surface area (Å²) in [5.41, 5.74) is 4.49. The largest absolute Gasteiger partial charge is 0.464 e. The van der Waals surface area contributed by atoms with Crippen molar-refractivity contribution in [2.75, 3.05) is 25.6 Å². The van der Waals surface area contributed by atoms with Crippen molar-refractivity contribution in [2.24, 2.45) is 5.92 Å². The Morgan fingerprint density at radius 3 is 2.38 bits per heavy atom. The SMILES string of the molecule is CCC(=O)O[C@H]1[C@H](c2ccc3c(N)ncnn23)O[C@](CF)(COP(=O)(N[C@@H](C)C(=O)OCC(CC)CC)Oc2ccccc2)[C@H]1OC(=O)CC. The molecule has 2 aromatic heterocycles. The summed E-state index contributed by atoms with van der Waals surface area (Å²) in [6.45, 7) is 6.44. The van der Waals surface area contributed by atoms with Crippen molar-refractivity contribution < 1.29 is 51.3 Å². The van der Waals surface area contributed by atoms with Gasteiger partial charge in [0.05, 0.1) is 18.9 Å². The molecule has 4 rings (SSSR count). The molecule has 0 saturated carbocycles. The molecule has 1 aromatic carbocycles. The summed E-state index contributed by atoms with van der Waals surface area (Å²) in [5, 5.41) is 6.81. The molecule has 50 heavy (non-hydrogen) atoms. The van der Waals surface area contributed by atoms with E-state index in [4.69, 9.17) is 33.7 Å². The minimum absolute atomic E-state index is 0.0594. The van der Waals surface area contributed by atoms with Crippen LogP contribution in [0.1, 0.15) is 72.1 Å². The van der Waals surface area contributed by atoms with Crippen molar-refractivity contribution in [1.82, 2.24) is 19.7 Å². The Bertz CT molecular complexity index is 1660. The number of hydrogen-bond donors (Lipinski definition) is 2. The molecule has 1 unspecified atom stereocenters. The maximum absolute atomic E-state index is 15.6. The van der Waals surface area contributed by atoms with Gasteiger partial charge in [0, 0.05) is 12.8 Å². The number of ether oxygens (including phenoxy) is 4. The van der Waals surface area contributed by atoms with E-state index in [9.17, 15) is 18.9 Å². The molecule has 1 fully saturated rings. The third-order valence-corrected chi connectivity index (χ3v) is 10.0. The second-order valence-electron chi connectivity index (χ2n) is 11.8. The first-order chi connectivity index (χ1) is 23.9. The molecular weight excluding hydrogens is 676 g/mol. The van der Waals surface area contributed by atoms with Gasteiger partial charge in [-0.1, -0.05) is 58.7 Å². The summed E-state index contributed by atoms with van der Waals surface area (Å²) in [7, 11) is -4.56. The molecule has 0 amide bonds. The molecule has 3 aromatic rings. The minimum atomic E-state index is -4.56. The number of nitrogens with two attached hydrogens (primary N) is 1. The Kier molecular flexibility index (Phi) is 13.3. The highest BCUT2D eigenvalue weighted by Gasteiger charge is 2.61. The Balaban J connectivity index is 1.72. The van der Waals surface area contributed by atoms with Crippen LogP contribution in [-0.2, 0) is 42.4 Å². The molecule has 17 heteroatoms. The Labute approximate surface area is 289 Å². The van der Waals surface area contributed by atoms with E-state index >= 15 is 4.39 Å². The number of nitrogens with zero attached hydrogens (tertiary/aromatic N) is 3. The maximum atomic E-state index is 15.6. The molecule has 1 aliphatic heterocycles. The average Bonchev–Trinajstić information content (AvgIpc) is 3.68. The Morgan fingerprint density at radius 2 is 1.74 bits per heavy atom. The number of rotatable bonds is 18. The second kappa shape index (κ2) is 17.2. The van der Waals surface area contributed by atoms with Gasteiger partial charge in [-0.25, -0.2) is 18.5 Å². The highest BCUT2D eigenvalue weighted by atomic mass is 31.2. The number of alkyl halides is 1. The van der Waals surface area contributed by atoms with Crippen molar-refractivity contribution in [2.45, 2.75) is 90.3 Å². The summed E-state index contributed by atoms with van der Waals surface area (Å²) in [6, 6.07) is 9.98. The van der Waals surface area contributed by atoms with Crippen LogP contribution in [0.3, 0.4) is 0 Å². The van der Waals surface area contributed by atoms with E-state index in [1.807, 2.05) is 13.8 Å². The molecule has 15 nitrogen and oxygen atoms in total. The molecule has 1 saturated heterocycles. The fraction of sp³-hybridized carbons (Fsp3) is 0.545. The van der Waals surface area contributed by atoms with Crippen molar-refractivity contribution in [1.29, 1.82) is 0 Å². The van der Waals surface area contributed by atoms with Crippen LogP contribution in [-0.4, -0.2) is 76.2 Å². The lowest BCUT2D eigenvalue weighted by Gasteiger charge is -2.33. The van der Waals surface area contributed by atoms with E-state index in [1.165, 1.54) is 36.8 Å². The van der Waals surface area contributed by atoms with Crippen LogP contribution in [0.5, 0.6) is 5.75 Å². The van der Waals surface area contributed by atoms with Crippen molar-refractivity contribution in [3.05, 3.63) is 54.5 Å². The van der Waals surface area contributed by atoms with Crippen molar-refractivity contribution in [3.63, 3.8) is 0 Å². The van der Waals surface area contributed by atoms with Crippen LogP contribution < -0.4 is 15.3 Å². The van der Waals surface area contributed by atoms with Gasteiger partial charge in [0.25, 0.3) is 0 Å². The van der Waals surface area contributed by atoms with Crippen LogP contribution in [0.25, 0.3) is 5.52 Å². The first-order valence-electron chi connectivity index (χ1n) is 16.6. The number of aromatic nitrogens is 3. The summed E-state index contributed by atoms with van der Waals surface area (Å²) in [4.78, 5) is 42.4. The zero-order valence-corrected chi connectivity index (χ0v) is 29.7. The molecule has 3 heterocycles. The van der Waals surface area contributed by atoms with Gasteiger partial charge in [-0.05, 0) is 37.1 Å². The zero-order valence-electron chi connectivity index (χ0n) is 28.8. The van der Waals surface area contributed by atoms with E-state index in [2.05, 4.69) is 15.2 Å². The highest BCUT2D eigenvalue weighted by molar-refractivity contribution is 7.52. The smallest absolute Gasteiger partial charge is 0.459 e. The average molecular weight is 722 g/mol. The van der Waals surface area contributed by atoms with Crippen LogP contribution in [0.2, 0.25) is 0 Å². The van der Waals surface area contributed by atoms with Crippen molar-refractivity contribution >= 4 is 37.0 Å². The summed E-state index contributed by atoms with van der Waals surface area (Å²) in [5.74, 6) is -1.76. The van der Waals surface area contributed by atoms with Crippen molar-refractivity contribution in [3.8, 4) is 5.75 Å². The molecular formula is C33H45FN5O10P. The van der Waals surface area contributed by atoms with Gasteiger partial charge in [-0.3, -0.25) is 18.9 Å². The maximum Gasteiger partial charge on any atom is 0.459 e. The lowest BCUT2D eigenvalue weighted by Crippen LogP contribution is -2.52. The molecule has 0 radical (unpaired) electrons. The monoisotopic (exact) mass is 721 g/mol. The number of fused-ring (bicyclic) bond motifs is 1. The van der Waals surface area contributed by atoms with E-state index in [1.54, 1.807) is 37.3 Å². The quantitative estimate of drug-likeness (QED) is 0.102. The second-order valence-corrected chi connectivity index (χ2v) is 13.5. The van der Waals surface area contributed by atoms with E-state index in [-0.39, 0.29) is 42.6 Å². The topological polar surface area (TPSA) is 192 Å². The number of hydrogen-bond acceptors (Lipinski definition) is 13. The molecule has 0 bridgehead atoms. The molecule has 1 aliphatic rings. The van der Waals surface area contributed by atoms with Gasteiger partial charge in [-0.15, -0.1) is 0 Å². The summed E-state index contributed by atoms with van der Waals surface area (Å²) < 4.78 is 66.2. The standard InChI is InChI=1S/C33H45FN5O10P/c1-6-22(7-2)17-44-32(42)21(5)38-50(43,49-23-13-11-10-12-14-23)45-19-33(18-34)30(47-27(41)9-4)29(46-26(40)8-3)28(48-33)24-15-16-25-31(35)36-20-37-39(24)25/h10-16,20-22,28-30H,6-9,17-19H2,1-5H3,(H,38,43)(H2,35,36,37)/t21-,28-,29-,30-,33+,50?/m0/s1. The molecule has 3 N–H and O–H groups in total. The lowest BCUT2D eigenvalue weighted by atomic mass is 9.95. The number of benzene rings is 1. The van der Waals surface area contributed by atoms with Gasteiger partial charge in [0.1, 0.15) is 36.4 Å². The van der Waals surface area contributed by atoms with Gasteiger partial charge in [0.2, 0.25) is 0 Å². The summed E-state index contributed by atoms with van der Waals surface area (Å²) >= 11 is 0. The predicted octanol–water partition coefficient (Wildman–Crippen LogP) is 4.90. The van der Waals surface area contributed by atoms with Gasteiger partial charge in [-0.2, -0.15) is 10.2 Å². The van der Waals surface area contributed by atoms with Crippen LogP contribution >= 0.6 is 7.75 Å². The van der Waals surface area contributed by atoms with Crippen LogP contribution in [0.4, 0.5) is 10.2 Å². The molecule has 0 spiro atoms. The van der Waals surface area contributed by atoms with E-state index in [0.29, 0.717) is 5.52 Å². The van der Waals surface area contributed by atoms with Gasteiger partial charge < -0.3 is 29.2 Å². The number of nitrogen functional groups attached to an aromatic ring is 1. The fourth-order valence-electron chi connectivity index (χ4n) is 5.33. The predicted molar refractivity (Wildman–Crippen MR) is 179 cm³/mol. The number of carbonyl (C=O) groups is 3. The van der Waals surface area contributed by atoms with Crippen LogP contribution in [0, 0.1) is 5.92 Å². The zero-order chi connectivity index (χ0) is 36.5. The number of esters is 3. The third-order valence-electron chi connectivity index (χ3n) is 8.38. The normalized spacial score (nSPS) is 22.2. The van der Waals surface area contributed by atoms with E-state index in [0.717, 1.165) is 12.8 Å². The van der Waals surface area contributed by atoms with Gasteiger partial charge in [0.15, 0.2) is 23.6 Å². The first kappa shape index (κ1) is 38.7. The third kappa shape index (κ3) is 8.97. The number of carbonyl (C=O) groups excluding carboxylic acids is 3. The number of anilines is 1. The Hall–Kier alpha value is -4.11. The lowest BCUT2D eigenvalue weighted by molar-refractivity contribution is -0.174. The molecule has 0 aliphatic carbocycles. The number of para-hydroxylation sites is 1. The van der Waals surface area contributed by atoms with Gasteiger partial charge >= 0.3 is 25.7 Å². The summed E-state index contributed by atoms with van der Waals surface area (Å²) in [6.07, 6.45) is -1.65. The molecule has 6 atom stereocenters. The highest BCUT2D eigenvalue weighted by Crippen LogP contribution is 2.50. The molecule has 274 valence electrons. The minimum Gasteiger partial charge on any atom is -0.464 e. The van der Waals surface area contributed by atoms with Crippen LogP contribution in [0.15, 0.2) is 48.8 Å². The number of halogens is 1. The fourth-order valence-corrected chi connectivity index (χ4v) is 6.87. The first-order valence-corrected chi connectivity index (χ1v) is 18.1. The number of nitrogens with one attached hydrogen (secondary N) is 1. The van der Waals surface area contributed by atoms with E-state index < -0.39 is 68.9 Å².